The zero-order valence-corrected chi connectivity index (χ0v) is 15.0. The molecule has 1 aliphatic rings. The smallest absolute Gasteiger partial charge is 0.338 e. The maximum atomic E-state index is 12.8. The van der Waals surface area contributed by atoms with Crippen molar-refractivity contribution in [3.8, 4) is 5.75 Å². The monoisotopic (exact) mass is 357 g/mol. The summed E-state index contributed by atoms with van der Waals surface area (Å²) in [5.74, 6) is -0.299. The van der Waals surface area contributed by atoms with Crippen molar-refractivity contribution in [1.82, 2.24) is 14.7 Å². The summed E-state index contributed by atoms with van der Waals surface area (Å²) in [4.78, 5) is 25.6. The van der Waals surface area contributed by atoms with Crippen molar-refractivity contribution in [2.75, 3.05) is 20.2 Å². The highest BCUT2D eigenvalue weighted by Gasteiger charge is 2.28. The molecule has 1 fully saturated rings. The van der Waals surface area contributed by atoms with Gasteiger partial charge in [0.25, 0.3) is 0 Å². The maximum absolute atomic E-state index is 12.8. The zero-order valence-electron chi connectivity index (χ0n) is 15.0. The summed E-state index contributed by atoms with van der Waals surface area (Å²) in [6.07, 6.45) is 4.46. The molecule has 1 saturated heterocycles. The van der Waals surface area contributed by atoms with Crippen LogP contribution in [0.25, 0.3) is 0 Å². The molecule has 0 saturated carbocycles. The lowest BCUT2D eigenvalue weighted by Gasteiger charge is -2.33. The molecule has 0 aliphatic carbocycles. The minimum absolute atomic E-state index is 0.111. The van der Waals surface area contributed by atoms with E-state index in [0.717, 1.165) is 24.2 Å². The summed E-state index contributed by atoms with van der Waals surface area (Å²) in [6, 6.07) is 7.70. The Labute approximate surface area is 152 Å². The molecule has 7 nitrogen and oxygen atoms in total. The van der Waals surface area contributed by atoms with E-state index < -0.39 is 5.97 Å². The molecule has 1 unspecified atom stereocenters. The van der Waals surface area contributed by atoms with Crippen LogP contribution in [0.3, 0.4) is 0 Å². The topological polar surface area (TPSA) is 84.7 Å². The number of methoxy groups -OCH3 is 1. The number of rotatable bonds is 5. The Kier molecular flexibility index (Phi) is 5.25. The van der Waals surface area contributed by atoms with Gasteiger partial charge in [-0.25, -0.2) is 4.79 Å². The van der Waals surface area contributed by atoms with Crippen molar-refractivity contribution in [3.63, 3.8) is 0 Å². The Bertz CT molecular complexity index is 776. The largest absolute Gasteiger partial charge is 0.497 e. The molecule has 1 amide bonds. The number of amides is 1. The normalized spacial score (nSPS) is 16.3. The SMILES string of the molecule is COc1ccc(C(C)C(=O)N2CCC(n3cc(C(=O)O)cn3)CC2)cc1. The average Bonchev–Trinajstić information content (AvgIpc) is 3.17. The van der Waals surface area contributed by atoms with Crippen molar-refractivity contribution in [2.45, 2.75) is 31.7 Å². The number of aromatic carboxylic acids is 1. The number of carbonyl (C=O) groups is 2. The molecule has 2 heterocycles. The quantitative estimate of drug-likeness (QED) is 0.889. The van der Waals surface area contributed by atoms with E-state index in [4.69, 9.17) is 9.84 Å². The van der Waals surface area contributed by atoms with Crippen LogP contribution < -0.4 is 4.74 Å². The van der Waals surface area contributed by atoms with Crippen LogP contribution in [0.15, 0.2) is 36.7 Å². The first-order valence-corrected chi connectivity index (χ1v) is 8.69. The Morgan fingerprint density at radius 2 is 1.88 bits per heavy atom. The van der Waals surface area contributed by atoms with Crippen molar-refractivity contribution in [3.05, 3.63) is 47.8 Å². The van der Waals surface area contributed by atoms with Gasteiger partial charge in [0.05, 0.1) is 30.8 Å². The van der Waals surface area contributed by atoms with Crippen molar-refractivity contribution in [2.24, 2.45) is 0 Å². The molecule has 1 N–H and O–H groups in total. The molecular formula is C19H23N3O4. The van der Waals surface area contributed by atoms with Crippen LogP contribution in [-0.4, -0.2) is 51.9 Å². The second-order valence-electron chi connectivity index (χ2n) is 6.57. The number of nitrogens with zero attached hydrogens (tertiary/aromatic N) is 3. The van der Waals surface area contributed by atoms with Gasteiger partial charge in [-0.2, -0.15) is 5.10 Å². The first-order chi connectivity index (χ1) is 12.5. The van der Waals surface area contributed by atoms with Gasteiger partial charge in [0, 0.05) is 19.3 Å². The van der Waals surface area contributed by atoms with Gasteiger partial charge in [0.2, 0.25) is 5.91 Å². The molecule has 2 aromatic rings. The van der Waals surface area contributed by atoms with Crippen molar-refractivity contribution < 1.29 is 19.4 Å². The second kappa shape index (κ2) is 7.59. The molecule has 1 aromatic heterocycles. The zero-order chi connectivity index (χ0) is 18.7. The highest BCUT2D eigenvalue weighted by molar-refractivity contribution is 5.86. The number of carboxylic acids is 1. The molecule has 3 rings (SSSR count). The van der Waals surface area contributed by atoms with E-state index in [9.17, 15) is 9.59 Å². The number of hydrogen-bond donors (Lipinski definition) is 1. The average molecular weight is 357 g/mol. The Hall–Kier alpha value is -2.83. The van der Waals surface area contributed by atoms with Gasteiger partial charge >= 0.3 is 5.97 Å². The van der Waals surface area contributed by atoms with E-state index in [0.29, 0.717) is 13.1 Å². The van der Waals surface area contributed by atoms with Gasteiger partial charge < -0.3 is 14.7 Å². The molecule has 1 aliphatic heterocycles. The second-order valence-corrected chi connectivity index (χ2v) is 6.57. The summed E-state index contributed by atoms with van der Waals surface area (Å²) < 4.78 is 6.86. The fourth-order valence-corrected chi connectivity index (χ4v) is 3.31. The summed E-state index contributed by atoms with van der Waals surface area (Å²) in [5, 5.41) is 13.2. The molecule has 7 heteroatoms. The van der Waals surface area contributed by atoms with Crippen LogP contribution in [0.4, 0.5) is 0 Å². The van der Waals surface area contributed by atoms with Gasteiger partial charge in [-0.15, -0.1) is 0 Å². The van der Waals surface area contributed by atoms with E-state index >= 15 is 0 Å². The Balaban J connectivity index is 1.59. The number of hydrogen-bond acceptors (Lipinski definition) is 4. The summed E-state index contributed by atoms with van der Waals surface area (Å²) in [6.45, 7) is 3.21. The molecule has 0 radical (unpaired) electrons. The van der Waals surface area contributed by atoms with Crippen LogP contribution in [0.2, 0.25) is 0 Å². The molecule has 0 spiro atoms. The number of carboxylic acid groups (broad SMARTS) is 1. The maximum Gasteiger partial charge on any atom is 0.338 e. The van der Waals surface area contributed by atoms with E-state index in [2.05, 4.69) is 5.10 Å². The fraction of sp³-hybridized carbons (Fsp3) is 0.421. The summed E-state index contributed by atoms with van der Waals surface area (Å²) in [7, 11) is 1.62. The lowest BCUT2D eigenvalue weighted by Crippen LogP contribution is -2.41. The van der Waals surface area contributed by atoms with Crippen LogP contribution in [-0.2, 0) is 4.79 Å². The lowest BCUT2D eigenvalue weighted by atomic mass is 9.97. The third-order valence-corrected chi connectivity index (χ3v) is 4.98. The van der Waals surface area contributed by atoms with E-state index in [1.165, 1.54) is 6.20 Å². The lowest BCUT2D eigenvalue weighted by molar-refractivity contribution is -0.133. The van der Waals surface area contributed by atoms with Crippen LogP contribution in [0.5, 0.6) is 5.75 Å². The highest BCUT2D eigenvalue weighted by Crippen LogP contribution is 2.26. The number of likely N-dealkylation sites (tertiary alicyclic amines) is 1. The number of benzene rings is 1. The van der Waals surface area contributed by atoms with E-state index in [1.54, 1.807) is 18.0 Å². The predicted octanol–water partition coefficient (Wildman–Crippen LogP) is 2.56. The molecule has 1 aromatic carbocycles. The predicted molar refractivity (Wildman–Crippen MR) is 95.4 cm³/mol. The molecule has 0 bridgehead atoms. The standard InChI is InChI=1S/C19H23N3O4/c1-13(14-3-5-17(26-2)6-4-14)18(23)21-9-7-16(8-10-21)22-12-15(11-20-22)19(24)25/h3-6,11-13,16H,7-10H2,1-2H3,(H,24,25). The minimum Gasteiger partial charge on any atom is -0.497 e. The third-order valence-electron chi connectivity index (χ3n) is 4.98. The summed E-state index contributed by atoms with van der Waals surface area (Å²) in [5.41, 5.74) is 1.16. The Morgan fingerprint density at radius 1 is 1.23 bits per heavy atom. The third kappa shape index (κ3) is 3.71. The Morgan fingerprint density at radius 3 is 2.42 bits per heavy atom. The minimum atomic E-state index is -0.975. The van der Waals surface area contributed by atoms with Crippen molar-refractivity contribution in [1.29, 1.82) is 0 Å². The first kappa shape index (κ1) is 18.0. The number of ether oxygens (including phenoxy) is 1. The van der Waals surface area contributed by atoms with Gasteiger partial charge in [-0.1, -0.05) is 12.1 Å². The van der Waals surface area contributed by atoms with E-state index in [1.807, 2.05) is 36.1 Å². The van der Waals surface area contributed by atoms with Gasteiger partial charge in [0.1, 0.15) is 5.75 Å². The molecule has 138 valence electrons. The molecular weight excluding hydrogens is 334 g/mol. The number of piperidine rings is 1. The number of aromatic nitrogens is 2. The van der Waals surface area contributed by atoms with E-state index in [-0.39, 0.29) is 23.4 Å². The van der Waals surface area contributed by atoms with Crippen LogP contribution >= 0.6 is 0 Å². The number of carbonyl (C=O) groups excluding carboxylic acids is 1. The van der Waals surface area contributed by atoms with Gasteiger partial charge in [-0.3, -0.25) is 9.48 Å². The highest BCUT2D eigenvalue weighted by atomic mass is 16.5. The summed E-state index contributed by atoms with van der Waals surface area (Å²) >= 11 is 0. The van der Waals surface area contributed by atoms with Crippen molar-refractivity contribution >= 4 is 11.9 Å². The van der Waals surface area contributed by atoms with Crippen LogP contribution in [0.1, 0.15) is 47.6 Å². The van der Waals surface area contributed by atoms with Gasteiger partial charge in [0.15, 0.2) is 0 Å². The van der Waals surface area contributed by atoms with Crippen LogP contribution in [0, 0.1) is 0 Å². The van der Waals surface area contributed by atoms with Gasteiger partial charge in [-0.05, 0) is 37.5 Å². The molecule has 1 atom stereocenters. The first-order valence-electron chi connectivity index (χ1n) is 8.69. The molecule has 26 heavy (non-hydrogen) atoms. The fourth-order valence-electron chi connectivity index (χ4n) is 3.31.